The van der Waals surface area contributed by atoms with Crippen molar-refractivity contribution in [3.8, 4) is 0 Å². The summed E-state index contributed by atoms with van der Waals surface area (Å²) in [4.78, 5) is 2.76. The van der Waals surface area contributed by atoms with Gasteiger partial charge >= 0.3 is 0 Å². The van der Waals surface area contributed by atoms with Gasteiger partial charge in [-0.15, -0.1) is 11.3 Å². The molecule has 0 spiro atoms. The van der Waals surface area contributed by atoms with E-state index in [9.17, 15) is 0 Å². The number of halogens is 1. The number of aryl methyl sites for hydroxylation is 2. The molecule has 1 aromatic carbocycles. The number of hydrogen-bond acceptors (Lipinski definition) is 2. The van der Waals surface area contributed by atoms with Crippen LogP contribution in [0.1, 0.15) is 40.8 Å². The van der Waals surface area contributed by atoms with Gasteiger partial charge in [0.05, 0.1) is 6.04 Å². The quantitative estimate of drug-likeness (QED) is 0.820. The van der Waals surface area contributed by atoms with E-state index in [0.29, 0.717) is 0 Å². The third-order valence-corrected chi connectivity index (χ3v) is 5.07. The van der Waals surface area contributed by atoms with Gasteiger partial charge in [0.1, 0.15) is 0 Å². The Balaban J connectivity index is 2.42. The van der Waals surface area contributed by atoms with Crippen LogP contribution in [-0.4, -0.2) is 6.54 Å². The van der Waals surface area contributed by atoms with Crippen LogP contribution in [-0.2, 0) is 6.42 Å². The van der Waals surface area contributed by atoms with Crippen molar-refractivity contribution in [2.24, 2.45) is 0 Å². The topological polar surface area (TPSA) is 12.0 Å². The average molecular weight is 294 g/mol. The first-order valence-electron chi connectivity index (χ1n) is 6.74. The molecular weight excluding hydrogens is 274 g/mol. The first kappa shape index (κ1) is 14.6. The molecule has 0 saturated carbocycles. The van der Waals surface area contributed by atoms with Gasteiger partial charge in [-0.3, -0.25) is 0 Å². The fourth-order valence-electron chi connectivity index (χ4n) is 2.20. The average Bonchev–Trinajstić information content (AvgIpc) is 2.88. The lowest BCUT2D eigenvalue weighted by atomic mass is 10.0. The number of nitrogens with one attached hydrogen (secondary N) is 1. The lowest BCUT2D eigenvalue weighted by molar-refractivity contribution is 0.639. The minimum absolute atomic E-state index is 0.197. The molecule has 1 nitrogen and oxygen atoms in total. The highest BCUT2D eigenvalue weighted by Crippen LogP contribution is 2.34. The molecule has 19 heavy (non-hydrogen) atoms. The van der Waals surface area contributed by atoms with Gasteiger partial charge < -0.3 is 5.32 Å². The summed E-state index contributed by atoms with van der Waals surface area (Å²) in [6.07, 6.45) is 1.09. The molecule has 3 heteroatoms. The van der Waals surface area contributed by atoms with Crippen molar-refractivity contribution in [3.05, 3.63) is 56.2 Å². The van der Waals surface area contributed by atoms with Gasteiger partial charge in [-0.25, -0.2) is 0 Å². The van der Waals surface area contributed by atoms with E-state index in [0.717, 1.165) is 23.6 Å². The molecule has 0 aliphatic rings. The molecule has 0 radical (unpaired) electrons. The second kappa shape index (κ2) is 6.56. The lowest BCUT2D eigenvalue weighted by Gasteiger charge is -2.19. The largest absolute Gasteiger partial charge is 0.306 e. The number of rotatable bonds is 5. The van der Waals surface area contributed by atoms with Crippen LogP contribution in [0.15, 0.2) is 30.3 Å². The molecular formula is C16H20ClNS. The van der Waals surface area contributed by atoms with E-state index in [-0.39, 0.29) is 6.04 Å². The number of thiophene rings is 1. The van der Waals surface area contributed by atoms with Crippen molar-refractivity contribution >= 4 is 22.9 Å². The molecule has 0 fully saturated rings. The molecule has 0 aliphatic carbocycles. The van der Waals surface area contributed by atoms with Crippen molar-refractivity contribution in [2.45, 2.75) is 33.2 Å². The number of benzene rings is 1. The summed E-state index contributed by atoms with van der Waals surface area (Å²) in [6.45, 7) is 7.30. The van der Waals surface area contributed by atoms with Gasteiger partial charge in [0, 0.05) is 14.8 Å². The van der Waals surface area contributed by atoms with E-state index in [2.05, 4.69) is 56.4 Å². The Labute approximate surface area is 124 Å². The van der Waals surface area contributed by atoms with E-state index < -0.39 is 0 Å². The van der Waals surface area contributed by atoms with Crippen molar-refractivity contribution in [1.82, 2.24) is 5.32 Å². The molecule has 102 valence electrons. The highest BCUT2D eigenvalue weighted by molar-refractivity contribution is 7.12. The Morgan fingerprint density at radius 3 is 2.63 bits per heavy atom. The molecule has 0 saturated heterocycles. The molecule has 1 N–H and O–H groups in total. The third-order valence-electron chi connectivity index (χ3n) is 3.26. The zero-order chi connectivity index (χ0) is 13.8. The maximum atomic E-state index is 6.48. The fraction of sp³-hybridized carbons (Fsp3) is 0.375. The van der Waals surface area contributed by atoms with Crippen LogP contribution < -0.4 is 5.32 Å². The van der Waals surface area contributed by atoms with Crippen LogP contribution in [0.2, 0.25) is 5.02 Å². The fourth-order valence-corrected chi connectivity index (χ4v) is 3.48. The first-order chi connectivity index (χ1) is 9.17. The number of hydrogen-bond donors (Lipinski definition) is 1. The Bertz CT molecular complexity index is 547. The Kier molecular flexibility index (Phi) is 5.03. The van der Waals surface area contributed by atoms with Crippen LogP contribution in [0.25, 0.3) is 0 Å². The van der Waals surface area contributed by atoms with Gasteiger partial charge in [-0.05, 0) is 43.1 Å². The van der Waals surface area contributed by atoms with Crippen LogP contribution in [0, 0.1) is 6.92 Å². The van der Waals surface area contributed by atoms with Crippen molar-refractivity contribution in [2.75, 3.05) is 6.54 Å². The summed E-state index contributed by atoms with van der Waals surface area (Å²) >= 11 is 8.35. The molecule has 1 atom stereocenters. The van der Waals surface area contributed by atoms with E-state index in [1.165, 1.54) is 15.3 Å². The summed E-state index contributed by atoms with van der Waals surface area (Å²) in [6, 6.07) is 10.9. The van der Waals surface area contributed by atoms with E-state index in [4.69, 9.17) is 11.6 Å². The molecule has 1 aromatic heterocycles. The van der Waals surface area contributed by atoms with Gasteiger partial charge in [-0.2, -0.15) is 0 Å². The summed E-state index contributed by atoms with van der Waals surface area (Å²) in [5.41, 5.74) is 2.31. The predicted molar refractivity (Wildman–Crippen MR) is 85.4 cm³/mol. The minimum Gasteiger partial charge on any atom is -0.306 e. The summed E-state index contributed by atoms with van der Waals surface area (Å²) in [5, 5.41) is 4.42. The van der Waals surface area contributed by atoms with Crippen molar-refractivity contribution in [3.63, 3.8) is 0 Å². The van der Waals surface area contributed by atoms with E-state index in [1.54, 1.807) is 0 Å². The Morgan fingerprint density at radius 2 is 2.00 bits per heavy atom. The molecule has 0 aliphatic heterocycles. The van der Waals surface area contributed by atoms with Gasteiger partial charge in [-0.1, -0.05) is 43.6 Å². The molecule has 2 rings (SSSR count). The first-order valence-corrected chi connectivity index (χ1v) is 7.93. The summed E-state index contributed by atoms with van der Waals surface area (Å²) < 4.78 is 0. The maximum absolute atomic E-state index is 6.48. The molecule has 0 amide bonds. The van der Waals surface area contributed by atoms with Gasteiger partial charge in [0.25, 0.3) is 0 Å². The minimum atomic E-state index is 0.197. The smallest absolute Gasteiger partial charge is 0.0685 e. The van der Waals surface area contributed by atoms with Crippen molar-refractivity contribution < 1.29 is 0 Å². The van der Waals surface area contributed by atoms with Crippen LogP contribution in [0.4, 0.5) is 0 Å². The van der Waals surface area contributed by atoms with Crippen LogP contribution >= 0.6 is 22.9 Å². The molecule has 1 unspecified atom stereocenters. The lowest BCUT2D eigenvalue weighted by Crippen LogP contribution is -2.21. The standard InChI is InChI=1S/C16H20ClNS/c1-4-12-9-10-14(19-12)16(18-5-2)13-8-6-7-11(3)15(13)17/h6-10,16,18H,4-5H2,1-3H3. The normalized spacial score (nSPS) is 12.6. The SMILES string of the molecule is CCNC(c1ccc(CC)s1)c1cccc(C)c1Cl. The highest BCUT2D eigenvalue weighted by atomic mass is 35.5. The van der Waals surface area contributed by atoms with Gasteiger partial charge in [0.2, 0.25) is 0 Å². The van der Waals surface area contributed by atoms with E-state index in [1.807, 2.05) is 11.3 Å². The molecule has 2 aromatic rings. The molecule has 1 heterocycles. The highest BCUT2D eigenvalue weighted by Gasteiger charge is 2.18. The Morgan fingerprint density at radius 1 is 1.21 bits per heavy atom. The maximum Gasteiger partial charge on any atom is 0.0685 e. The molecule has 0 bridgehead atoms. The van der Waals surface area contributed by atoms with Crippen LogP contribution in [0.3, 0.4) is 0 Å². The Hall–Kier alpha value is -0.830. The van der Waals surface area contributed by atoms with Crippen molar-refractivity contribution in [1.29, 1.82) is 0 Å². The predicted octanol–water partition coefficient (Wildman–Crippen LogP) is 4.97. The monoisotopic (exact) mass is 293 g/mol. The zero-order valence-corrected chi connectivity index (χ0v) is 13.2. The third kappa shape index (κ3) is 3.19. The van der Waals surface area contributed by atoms with Gasteiger partial charge in [0.15, 0.2) is 0 Å². The second-order valence-corrected chi connectivity index (χ2v) is 6.20. The van der Waals surface area contributed by atoms with Crippen LogP contribution in [0.5, 0.6) is 0 Å². The zero-order valence-electron chi connectivity index (χ0n) is 11.7. The summed E-state index contributed by atoms with van der Waals surface area (Å²) in [5.74, 6) is 0. The summed E-state index contributed by atoms with van der Waals surface area (Å²) in [7, 11) is 0. The second-order valence-electron chi connectivity index (χ2n) is 4.63. The van der Waals surface area contributed by atoms with E-state index >= 15 is 0 Å².